The predicted octanol–water partition coefficient (Wildman–Crippen LogP) is 5.34. The Morgan fingerprint density at radius 3 is 2.73 bits per heavy atom. The molecule has 8 nitrogen and oxygen atoms in total. The molecule has 4 atom stereocenters. The van der Waals surface area contributed by atoms with E-state index in [1.807, 2.05) is 24.3 Å². The summed E-state index contributed by atoms with van der Waals surface area (Å²) in [7, 11) is 0. The average molecular weight is 573 g/mol. The van der Waals surface area contributed by atoms with Gasteiger partial charge in [-0.25, -0.2) is 4.98 Å². The molecular weight excluding hydrogens is 536 g/mol. The van der Waals surface area contributed by atoms with Crippen LogP contribution in [-0.4, -0.2) is 59.8 Å². The maximum absolute atomic E-state index is 11.8. The topological polar surface area (TPSA) is 98.9 Å². The molecule has 3 aliphatic rings. The lowest BCUT2D eigenvalue weighted by Crippen LogP contribution is -2.44. The minimum atomic E-state index is -0.653. The molecule has 0 amide bonds. The van der Waals surface area contributed by atoms with Gasteiger partial charge >= 0.3 is 5.97 Å². The third kappa shape index (κ3) is 5.96. The van der Waals surface area contributed by atoms with E-state index >= 15 is 0 Å². The Bertz CT molecular complexity index is 1450. The molecule has 2 aliphatic heterocycles. The van der Waals surface area contributed by atoms with E-state index in [4.69, 9.17) is 14.5 Å². The Morgan fingerprint density at radius 2 is 2.00 bits per heavy atom. The number of morpholine rings is 1. The minimum absolute atomic E-state index is 0.189. The smallest absolute Gasteiger partial charge is 0.307 e. The van der Waals surface area contributed by atoms with Crippen LogP contribution in [-0.2, 0) is 22.7 Å². The zero-order valence-electron chi connectivity index (χ0n) is 23.6. The normalized spacial score (nSPS) is 24.3. The van der Waals surface area contributed by atoms with Crippen molar-refractivity contribution in [2.24, 2.45) is 17.8 Å². The van der Waals surface area contributed by atoms with E-state index in [1.54, 1.807) is 11.3 Å². The summed E-state index contributed by atoms with van der Waals surface area (Å²) in [4.78, 5) is 21.4. The van der Waals surface area contributed by atoms with E-state index in [-0.39, 0.29) is 30.5 Å². The van der Waals surface area contributed by atoms with E-state index < -0.39 is 5.97 Å². The molecule has 6 rings (SSSR count). The summed E-state index contributed by atoms with van der Waals surface area (Å²) in [5.74, 6) is 0.231. The number of anilines is 1. The second-order valence-electron chi connectivity index (χ2n) is 11.7. The number of aliphatic carboxylic acids is 1. The van der Waals surface area contributed by atoms with Crippen LogP contribution in [0.15, 0.2) is 41.8 Å². The highest BCUT2D eigenvalue weighted by Crippen LogP contribution is 2.44. The largest absolute Gasteiger partial charge is 0.488 e. The number of aryl methyl sites for hydroxylation is 1. The second-order valence-corrected chi connectivity index (χ2v) is 12.5. The summed E-state index contributed by atoms with van der Waals surface area (Å²) in [5.41, 5.74) is 5.49. The number of carboxylic acid groups (broad SMARTS) is 1. The minimum Gasteiger partial charge on any atom is -0.488 e. The maximum atomic E-state index is 11.8. The van der Waals surface area contributed by atoms with Crippen molar-refractivity contribution in [3.05, 3.63) is 64.0 Å². The fourth-order valence-corrected chi connectivity index (χ4v) is 7.53. The number of thiazole rings is 1. The van der Waals surface area contributed by atoms with Crippen molar-refractivity contribution in [3.8, 4) is 23.1 Å². The number of benzene rings is 2. The van der Waals surface area contributed by atoms with Gasteiger partial charge in [-0.2, -0.15) is 5.26 Å². The lowest BCUT2D eigenvalue weighted by atomic mass is 9.85. The Labute approximate surface area is 245 Å². The summed E-state index contributed by atoms with van der Waals surface area (Å²) >= 11 is 1.60. The summed E-state index contributed by atoms with van der Waals surface area (Å²) in [6.07, 6.45) is 2.18. The highest BCUT2D eigenvalue weighted by atomic mass is 32.1. The Hall–Kier alpha value is -3.45. The molecule has 1 saturated carbocycles. The molecule has 214 valence electrons. The van der Waals surface area contributed by atoms with Crippen molar-refractivity contribution >= 4 is 22.4 Å². The lowest BCUT2D eigenvalue weighted by Gasteiger charge is -2.35. The van der Waals surface area contributed by atoms with Crippen molar-refractivity contribution in [1.29, 1.82) is 5.26 Å². The van der Waals surface area contributed by atoms with Gasteiger partial charge in [-0.05, 0) is 62.3 Å². The van der Waals surface area contributed by atoms with Gasteiger partial charge in [-0.3, -0.25) is 9.69 Å². The molecule has 9 heteroatoms. The van der Waals surface area contributed by atoms with Crippen LogP contribution in [0.3, 0.4) is 0 Å². The van der Waals surface area contributed by atoms with E-state index in [2.05, 4.69) is 47.2 Å². The molecule has 41 heavy (non-hydrogen) atoms. The van der Waals surface area contributed by atoms with Crippen molar-refractivity contribution in [1.82, 2.24) is 9.88 Å². The van der Waals surface area contributed by atoms with E-state index in [1.165, 1.54) is 0 Å². The van der Waals surface area contributed by atoms with Crippen LogP contribution < -0.4 is 9.64 Å². The van der Waals surface area contributed by atoms with Crippen molar-refractivity contribution in [2.75, 3.05) is 37.7 Å². The number of rotatable bonds is 8. The Kier molecular flexibility index (Phi) is 7.98. The van der Waals surface area contributed by atoms with Gasteiger partial charge in [0.15, 0.2) is 5.13 Å². The van der Waals surface area contributed by atoms with Gasteiger partial charge in [0.25, 0.3) is 0 Å². The number of hydrogen-bond donors (Lipinski definition) is 1. The van der Waals surface area contributed by atoms with Crippen LogP contribution in [0.4, 0.5) is 5.13 Å². The van der Waals surface area contributed by atoms with Crippen LogP contribution in [0.2, 0.25) is 0 Å². The number of carboxylic acids is 1. The molecule has 3 aromatic rings. The lowest BCUT2D eigenvalue weighted by molar-refractivity contribution is -0.144. The van der Waals surface area contributed by atoms with Crippen LogP contribution in [0.1, 0.15) is 42.0 Å². The summed E-state index contributed by atoms with van der Waals surface area (Å²) < 4.78 is 12.0. The van der Waals surface area contributed by atoms with Gasteiger partial charge in [0.1, 0.15) is 12.4 Å². The molecule has 2 aromatic carbocycles. The number of fused-ring (bicyclic) bond motifs is 2. The highest BCUT2D eigenvalue weighted by Gasteiger charge is 2.46. The number of carbonyl (C=O) groups is 1. The highest BCUT2D eigenvalue weighted by molar-refractivity contribution is 7.14. The zero-order valence-corrected chi connectivity index (χ0v) is 24.4. The molecule has 1 aliphatic carbocycles. The molecule has 1 aromatic heterocycles. The van der Waals surface area contributed by atoms with Crippen molar-refractivity contribution in [2.45, 2.75) is 45.9 Å². The molecule has 1 unspecified atom stereocenters. The molecule has 3 fully saturated rings. The standard InChI is InChI=1S/C32H36N4O4S/c1-20-3-8-29(40-18-25-5-4-22(12-26(25)13-33)15-35-9-10-39-21(2)14-35)27(11-20)28-19-41-32(34-28)36-16-23-6-7-24(17-36)30(23)31(37)38/h3-5,8,11-12,19,21,23-24,30H,6-7,9-10,14-18H2,1-2H3,(H,37,38)/t21-,23-,24?,30+/m1/s1. The molecule has 1 N–H and O–H groups in total. The van der Waals surface area contributed by atoms with Crippen LogP contribution >= 0.6 is 11.3 Å². The van der Waals surface area contributed by atoms with Gasteiger partial charge in [-0.15, -0.1) is 11.3 Å². The van der Waals surface area contributed by atoms with E-state index in [9.17, 15) is 15.2 Å². The second kappa shape index (κ2) is 11.8. The van der Waals surface area contributed by atoms with E-state index in [0.717, 1.165) is 91.0 Å². The Morgan fingerprint density at radius 1 is 1.20 bits per heavy atom. The zero-order chi connectivity index (χ0) is 28.5. The number of nitrogens with zero attached hydrogens (tertiary/aromatic N) is 4. The predicted molar refractivity (Wildman–Crippen MR) is 158 cm³/mol. The first-order valence-electron chi connectivity index (χ1n) is 14.4. The van der Waals surface area contributed by atoms with Gasteiger partial charge < -0.3 is 19.5 Å². The number of piperidine rings is 1. The fourth-order valence-electron chi connectivity index (χ4n) is 6.68. The molecular formula is C32H36N4O4S. The van der Waals surface area contributed by atoms with Crippen LogP contribution in [0.5, 0.6) is 5.75 Å². The quantitative estimate of drug-likeness (QED) is 0.386. The van der Waals surface area contributed by atoms with Crippen LogP contribution in [0.25, 0.3) is 11.3 Å². The average Bonchev–Trinajstić information content (AvgIpc) is 3.55. The fraction of sp³-hybridized carbons (Fsp3) is 0.469. The molecule has 2 saturated heterocycles. The number of hydrogen-bond acceptors (Lipinski definition) is 8. The molecule has 0 spiro atoms. The summed E-state index contributed by atoms with van der Waals surface area (Å²) in [6.45, 7) is 9.25. The van der Waals surface area contributed by atoms with E-state index in [0.29, 0.717) is 5.56 Å². The summed E-state index contributed by atoms with van der Waals surface area (Å²) in [5, 5.41) is 22.6. The summed E-state index contributed by atoms with van der Waals surface area (Å²) in [6, 6.07) is 14.5. The first-order chi connectivity index (χ1) is 19.9. The SMILES string of the molecule is Cc1ccc(OCc2ccc(CN3CCO[C@H](C)C3)cc2C#N)c(-c2csc(N3CC4CC[C@H](C3)[C@@H]4C(=O)O)n2)c1. The number of aromatic nitrogens is 1. The first kappa shape index (κ1) is 27.7. The van der Waals surface area contributed by atoms with Gasteiger partial charge in [0, 0.05) is 49.2 Å². The molecule has 3 heterocycles. The monoisotopic (exact) mass is 572 g/mol. The number of nitriles is 1. The third-order valence-electron chi connectivity index (χ3n) is 8.70. The molecule has 0 radical (unpaired) electrons. The van der Waals surface area contributed by atoms with Crippen LogP contribution in [0, 0.1) is 36.0 Å². The van der Waals surface area contributed by atoms with Gasteiger partial charge in [0.05, 0.1) is 36.0 Å². The first-order valence-corrected chi connectivity index (χ1v) is 15.3. The van der Waals surface area contributed by atoms with Gasteiger partial charge in [-0.1, -0.05) is 23.8 Å². The van der Waals surface area contributed by atoms with Gasteiger partial charge in [0.2, 0.25) is 0 Å². The number of ether oxygens (including phenoxy) is 2. The maximum Gasteiger partial charge on any atom is 0.307 e. The van der Waals surface area contributed by atoms with Crippen molar-refractivity contribution in [3.63, 3.8) is 0 Å². The third-order valence-corrected chi connectivity index (χ3v) is 9.60. The Balaban J connectivity index is 1.16. The molecule has 2 bridgehead atoms. The van der Waals surface area contributed by atoms with Crippen molar-refractivity contribution < 1.29 is 19.4 Å².